The average Bonchev–Trinajstić information content (AvgIpc) is 2.82. The van der Waals surface area contributed by atoms with E-state index < -0.39 is 0 Å². The smallest absolute Gasteiger partial charge is 0.257 e. The molecule has 160 valence electrons. The molecular formula is C26H28N2O3. The Morgan fingerprint density at radius 3 is 2.58 bits per heavy atom. The van der Waals surface area contributed by atoms with Crippen LogP contribution in [0.25, 0.3) is 0 Å². The lowest BCUT2D eigenvalue weighted by Crippen LogP contribution is -2.44. The molecule has 0 bridgehead atoms. The van der Waals surface area contributed by atoms with Crippen molar-refractivity contribution >= 4 is 11.6 Å². The molecule has 1 amide bonds. The summed E-state index contributed by atoms with van der Waals surface area (Å²) < 4.78 is 11.2. The molecule has 0 aromatic heterocycles. The van der Waals surface area contributed by atoms with Gasteiger partial charge in [0.1, 0.15) is 18.5 Å². The zero-order valence-corrected chi connectivity index (χ0v) is 17.8. The van der Waals surface area contributed by atoms with Crippen LogP contribution in [0.1, 0.15) is 34.6 Å². The van der Waals surface area contributed by atoms with Gasteiger partial charge < -0.3 is 19.7 Å². The van der Waals surface area contributed by atoms with Crippen LogP contribution in [-0.4, -0.2) is 37.2 Å². The molecule has 0 saturated carbocycles. The molecule has 0 saturated heterocycles. The maximum atomic E-state index is 13.4. The molecule has 1 N–H and O–H groups in total. The molecule has 0 radical (unpaired) electrons. The molecule has 1 aliphatic heterocycles. The third kappa shape index (κ3) is 5.06. The van der Waals surface area contributed by atoms with Crippen molar-refractivity contribution in [1.29, 1.82) is 0 Å². The van der Waals surface area contributed by atoms with Crippen LogP contribution in [0.15, 0.2) is 78.9 Å². The Morgan fingerprint density at radius 2 is 1.74 bits per heavy atom. The summed E-state index contributed by atoms with van der Waals surface area (Å²) in [4.78, 5) is 15.3. The normalized spacial score (nSPS) is 15.3. The van der Waals surface area contributed by atoms with Gasteiger partial charge in [0.2, 0.25) is 0 Å². The maximum absolute atomic E-state index is 13.4. The van der Waals surface area contributed by atoms with Gasteiger partial charge in [0, 0.05) is 18.8 Å². The lowest BCUT2D eigenvalue weighted by atomic mass is 10.0. The molecule has 1 aliphatic rings. The molecule has 1 atom stereocenters. The fourth-order valence-corrected chi connectivity index (χ4v) is 3.82. The summed E-state index contributed by atoms with van der Waals surface area (Å²) in [6.45, 7) is 4.30. The first-order chi connectivity index (χ1) is 15.3. The summed E-state index contributed by atoms with van der Waals surface area (Å²) in [6.07, 6.45) is 0.527. The fraction of sp³-hybridized carbons (Fsp3) is 0.269. The van der Waals surface area contributed by atoms with Gasteiger partial charge in [-0.3, -0.25) is 4.79 Å². The van der Waals surface area contributed by atoms with Gasteiger partial charge in [-0.15, -0.1) is 0 Å². The number of benzene rings is 3. The summed E-state index contributed by atoms with van der Waals surface area (Å²) in [7, 11) is 0. The molecule has 4 rings (SSSR count). The standard InChI is InChI=1S/C26H28N2O3/c1-2-30-17-18-31-22-12-8-11-21(19-22)25-27-24-14-7-6-13-23(24)26(29)28(25)16-15-20-9-4-3-5-10-20/h3-14,19,25,27H,2,15-18H2,1H3. The van der Waals surface area contributed by atoms with E-state index in [1.807, 2.05) is 78.6 Å². The number of amides is 1. The van der Waals surface area contributed by atoms with Crippen LogP contribution in [0.5, 0.6) is 5.75 Å². The molecule has 1 heterocycles. The second-order valence-electron chi connectivity index (χ2n) is 7.44. The van der Waals surface area contributed by atoms with E-state index in [1.165, 1.54) is 5.56 Å². The van der Waals surface area contributed by atoms with Crippen LogP contribution < -0.4 is 10.1 Å². The van der Waals surface area contributed by atoms with Crippen molar-refractivity contribution in [3.8, 4) is 5.75 Å². The number of carbonyl (C=O) groups excluding carboxylic acids is 1. The Morgan fingerprint density at radius 1 is 0.935 bits per heavy atom. The molecule has 0 aliphatic carbocycles. The van der Waals surface area contributed by atoms with Gasteiger partial charge in [0.25, 0.3) is 5.91 Å². The quantitative estimate of drug-likeness (QED) is 0.504. The molecular weight excluding hydrogens is 388 g/mol. The van der Waals surface area contributed by atoms with Crippen molar-refractivity contribution in [3.05, 3.63) is 95.6 Å². The number of fused-ring (bicyclic) bond motifs is 1. The third-order valence-corrected chi connectivity index (χ3v) is 5.38. The predicted octanol–water partition coefficient (Wildman–Crippen LogP) is 4.91. The van der Waals surface area contributed by atoms with Crippen LogP contribution in [0.3, 0.4) is 0 Å². The van der Waals surface area contributed by atoms with Crippen molar-refractivity contribution < 1.29 is 14.3 Å². The number of rotatable bonds is 9. The van der Waals surface area contributed by atoms with E-state index in [0.29, 0.717) is 31.9 Å². The predicted molar refractivity (Wildman–Crippen MR) is 122 cm³/mol. The van der Waals surface area contributed by atoms with Crippen LogP contribution in [0, 0.1) is 0 Å². The van der Waals surface area contributed by atoms with Gasteiger partial charge in [-0.25, -0.2) is 0 Å². The Bertz CT molecular complexity index is 1010. The van der Waals surface area contributed by atoms with Crippen LogP contribution in [-0.2, 0) is 11.2 Å². The second kappa shape index (κ2) is 10.1. The minimum atomic E-state index is -0.262. The van der Waals surface area contributed by atoms with Gasteiger partial charge in [0.05, 0.1) is 12.2 Å². The summed E-state index contributed by atoms with van der Waals surface area (Å²) in [6, 6.07) is 25.9. The van der Waals surface area contributed by atoms with Gasteiger partial charge in [-0.2, -0.15) is 0 Å². The first kappa shape index (κ1) is 20.9. The number of hydrogen-bond acceptors (Lipinski definition) is 4. The highest BCUT2D eigenvalue weighted by atomic mass is 16.5. The van der Waals surface area contributed by atoms with Crippen molar-refractivity contribution in [2.24, 2.45) is 0 Å². The molecule has 0 fully saturated rings. The first-order valence-electron chi connectivity index (χ1n) is 10.8. The van der Waals surface area contributed by atoms with Crippen molar-refractivity contribution in [2.75, 3.05) is 31.7 Å². The lowest BCUT2D eigenvalue weighted by molar-refractivity contribution is 0.0685. The maximum Gasteiger partial charge on any atom is 0.257 e. The van der Waals surface area contributed by atoms with Crippen LogP contribution in [0.4, 0.5) is 5.69 Å². The van der Waals surface area contributed by atoms with Crippen molar-refractivity contribution in [3.63, 3.8) is 0 Å². The van der Waals surface area contributed by atoms with Gasteiger partial charge >= 0.3 is 0 Å². The third-order valence-electron chi connectivity index (χ3n) is 5.38. The molecule has 5 nitrogen and oxygen atoms in total. The number of ether oxygens (including phenoxy) is 2. The van der Waals surface area contributed by atoms with E-state index in [2.05, 4.69) is 17.4 Å². The average molecular weight is 417 g/mol. The summed E-state index contributed by atoms with van der Waals surface area (Å²) >= 11 is 0. The SMILES string of the molecule is CCOCCOc1cccc(C2Nc3ccccc3C(=O)N2CCc2ccccc2)c1. The lowest BCUT2D eigenvalue weighted by Gasteiger charge is -2.38. The topological polar surface area (TPSA) is 50.8 Å². The minimum absolute atomic E-state index is 0.0398. The van der Waals surface area contributed by atoms with E-state index >= 15 is 0 Å². The number of nitrogens with zero attached hydrogens (tertiary/aromatic N) is 1. The summed E-state index contributed by atoms with van der Waals surface area (Å²) in [5.41, 5.74) is 3.76. The Hall–Kier alpha value is -3.31. The van der Waals surface area contributed by atoms with Crippen molar-refractivity contribution in [2.45, 2.75) is 19.5 Å². The van der Waals surface area contributed by atoms with Crippen LogP contribution in [0.2, 0.25) is 0 Å². The molecule has 3 aromatic rings. The number of hydrogen-bond donors (Lipinski definition) is 1. The summed E-state index contributed by atoms with van der Waals surface area (Å²) in [5, 5.41) is 3.56. The number of para-hydroxylation sites is 1. The monoisotopic (exact) mass is 416 g/mol. The first-order valence-corrected chi connectivity index (χ1v) is 10.8. The van der Waals surface area contributed by atoms with Crippen LogP contribution >= 0.6 is 0 Å². The molecule has 1 unspecified atom stereocenters. The number of carbonyl (C=O) groups is 1. The molecule has 3 aromatic carbocycles. The molecule has 31 heavy (non-hydrogen) atoms. The number of nitrogens with one attached hydrogen (secondary N) is 1. The number of anilines is 1. The molecule has 0 spiro atoms. The van der Waals surface area contributed by atoms with Gasteiger partial charge in [-0.1, -0.05) is 54.6 Å². The minimum Gasteiger partial charge on any atom is -0.491 e. The van der Waals surface area contributed by atoms with E-state index in [-0.39, 0.29) is 12.1 Å². The largest absolute Gasteiger partial charge is 0.491 e. The Balaban J connectivity index is 1.58. The highest BCUT2D eigenvalue weighted by molar-refractivity contribution is 6.01. The van der Waals surface area contributed by atoms with E-state index in [9.17, 15) is 4.79 Å². The highest BCUT2D eigenvalue weighted by Crippen LogP contribution is 2.34. The van der Waals surface area contributed by atoms with Gasteiger partial charge in [0.15, 0.2) is 0 Å². The fourth-order valence-electron chi connectivity index (χ4n) is 3.82. The van der Waals surface area contributed by atoms with E-state index in [4.69, 9.17) is 9.47 Å². The zero-order valence-electron chi connectivity index (χ0n) is 17.8. The van der Waals surface area contributed by atoms with E-state index in [1.54, 1.807) is 0 Å². The summed E-state index contributed by atoms with van der Waals surface area (Å²) in [5.74, 6) is 0.811. The van der Waals surface area contributed by atoms with Crippen molar-refractivity contribution in [1.82, 2.24) is 4.90 Å². The van der Waals surface area contributed by atoms with E-state index in [0.717, 1.165) is 23.4 Å². The Kier molecular flexibility index (Phi) is 6.85. The highest BCUT2D eigenvalue weighted by Gasteiger charge is 2.32. The second-order valence-corrected chi connectivity index (χ2v) is 7.44. The molecule has 5 heteroatoms. The zero-order chi connectivity index (χ0) is 21.5. The van der Waals surface area contributed by atoms with Gasteiger partial charge in [-0.05, 0) is 48.7 Å². The Labute approximate surface area is 183 Å².